The van der Waals surface area contributed by atoms with Crippen LogP contribution in [0, 0.1) is 6.92 Å². The number of hydrogen-bond acceptors (Lipinski definition) is 2. The van der Waals surface area contributed by atoms with Crippen LogP contribution >= 0.6 is 27.5 Å². The number of hydrogen-bond donors (Lipinski definition) is 0. The number of rotatable bonds is 4. The van der Waals surface area contributed by atoms with Crippen molar-refractivity contribution >= 4 is 33.3 Å². The Balaban J connectivity index is 2.13. The van der Waals surface area contributed by atoms with E-state index in [1.165, 1.54) is 0 Å². The summed E-state index contributed by atoms with van der Waals surface area (Å²) in [6.07, 6.45) is -0.560. The van der Waals surface area contributed by atoms with Gasteiger partial charge in [-0.3, -0.25) is 4.79 Å². The van der Waals surface area contributed by atoms with Crippen LogP contribution in [-0.2, 0) is 0 Å². The number of benzene rings is 2. The summed E-state index contributed by atoms with van der Waals surface area (Å²) in [6, 6.07) is 12.6. The maximum atomic E-state index is 12.3. The van der Waals surface area contributed by atoms with Crippen molar-refractivity contribution in [2.45, 2.75) is 20.0 Å². The van der Waals surface area contributed by atoms with E-state index in [1.54, 1.807) is 31.2 Å². The minimum Gasteiger partial charge on any atom is -0.481 e. The topological polar surface area (TPSA) is 26.3 Å². The Labute approximate surface area is 131 Å². The van der Waals surface area contributed by atoms with Gasteiger partial charge < -0.3 is 4.74 Å². The van der Waals surface area contributed by atoms with E-state index >= 15 is 0 Å². The molecule has 2 aromatic rings. The molecule has 1 unspecified atom stereocenters. The van der Waals surface area contributed by atoms with Crippen LogP contribution in [0.25, 0.3) is 0 Å². The highest BCUT2D eigenvalue weighted by molar-refractivity contribution is 9.10. The van der Waals surface area contributed by atoms with Gasteiger partial charge in [-0.1, -0.05) is 17.7 Å². The fourth-order valence-corrected chi connectivity index (χ4v) is 2.51. The average molecular weight is 354 g/mol. The molecule has 0 saturated carbocycles. The third-order valence-electron chi connectivity index (χ3n) is 2.89. The smallest absolute Gasteiger partial charge is 0.202 e. The van der Waals surface area contributed by atoms with Crippen molar-refractivity contribution in [3.8, 4) is 5.75 Å². The second-order valence-electron chi connectivity index (χ2n) is 4.57. The molecule has 2 rings (SSSR count). The summed E-state index contributed by atoms with van der Waals surface area (Å²) >= 11 is 9.25. The predicted octanol–water partition coefficient (Wildman–Crippen LogP) is 5.06. The van der Waals surface area contributed by atoms with E-state index in [2.05, 4.69) is 15.9 Å². The summed E-state index contributed by atoms with van der Waals surface area (Å²) in [6.45, 7) is 3.74. The summed E-state index contributed by atoms with van der Waals surface area (Å²) in [5.41, 5.74) is 1.71. The Kier molecular flexibility index (Phi) is 4.84. The molecule has 0 heterocycles. The molecule has 0 spiro atoms. The maximum Gasteiger partial charge on any atom is 0.202 e. The maximum absolute atomic E-state index is 12.3. The number of ether oxygens (including phenoxy) is 1. The van der Waals surface area contributed by atoms with Crippen LogP contribution in [0.3, 0.4) is 0 Å². The van der Waals surface area contributed by atoms with Crippen molar-refractivity contribution in [1.29, 1.82) is 0 Å². The first-order valence-corrected chi connectivity index (χ1v) is 7.37. The zero-order valence-electron chi connectivity index (χ0n) is 11.2. The summed E-state index contributed by atoms with van der Waals surface area (Å²) in [4.78, 5) is 12.3. The normalized spacial score (nSPS) is 12.0. The van der Waals surface area contributed by atoms with E-state index in [1.807, 2.05) is 25.1 Å². The van der Waals surface area contributed by atoms with Crippen molar-refractivity contribution in [3.63, 3.8) is 0 Å². The Bertz CT molecular complexity index is 623. The Morgan fingerprint density at radius 1 is 1.20 bits per heavy atom. The Hall–Kier alpha value is -1.32. The molecule has 0 radical (unpaired) electrons. The fraction of sp³-hybridized carbons (Fsp3) is 0.188. The molecule has 104 valence electrons. The summed E-state index contributed by atoms with van der Waals surface area (Å²) in [5.74, 6) is 0.583. The highest BCUT2D eigenvalue weighted by Gasteiger charge is 2.17. The minimum absolute atomic E-state index is 0.0749. The minimum atomic E-state index is -0.560. The van der Waals surface area contributed by atoms with E-state index in [0.29, 0.717) is 16.3 Å². The Morgan fingerprint density at radius 2 is 1.85 bits per heavy atom. The molecule has 1 atom stereocenters. The third kappa shape index (κ3) is 3.62. The predicted molar refractivity (Wildman–Crippen MR) is 84.8 cm³/mol. The van der Waals surface area contributed by atoms with Crippen LogP contribution in [-0.4, -0.2) is 11.9 Å². The molecule has 0 aliphatic heterocycles. The molecular weight excluding hydrogens is 340 g/mol. The molecule has 0 aromatic heterocycles. The van der Waals surface area contributed by atoms with Crippen LogP contribution in [0.2, 0.25) is 5.02 Å². The third-order valence-corrected chi connectivity index (χ3v) is 3.76. The highest BCUT2D eigenvalue weighted by atomic mass is 79.9. The van der Waals surface area contributed by atoms with Gasteiger partial charge in [0.2, 0.25) is 5.78 Å². The SMILES string of the molecule is Cc1ccc(OC(C)C(=O)c2ccc(Cl)cc2)c(Br)c1. The number of carbonyl (C=O) groups is 1. The molecule has 0 fully saturated rings. The second kappa shape index (κ2) is 6.42. The molecule has 0 aliphatic rings. The van der Waals surface area contributed by atoms with Gasteiger partial charge in [0.05, 0.1) is 4.47 Å². The molecule has 0 saturated heterocycles. The van der Waals surface area contributed by atoms with Crippen LogP contribution in [0.1, 0.15) is 22.8 Å². The molecule has 2 nitrogen and oxygen atoms in total. The molecule has 20 heavy (non-hydrogen) atoms. The molecule has 0 aliphatic carbocycles. The molecular formula is C16H14BrClO2. The average Bonchev–Trinajstić information content (AvgIpc) is 2.42. The van der Waals surface area contributed by atoms with Gasteiger partial charge in [0.1, 0.15) is 5.75 Å². The highest BCUT2D eigenvalue weighted by Crippen LogP contribution is 2.27. The number of ketones is 1. The van der Waals surface area contributed by atoms with E-state index in [-0.39, 0.29) is 5.78 Å². The molecule has 0 amide bonds. The number of halogens is 2. The first-order valence-electron chi connectivity index (χ1n) is 6.20. The lowest BCUT2D eigenvalue weighted by Crippen LogP contribution is -2.24. The number of carbonyl (C=O) groups excluding carboxylic acids is 1. The van der Waals surface area contributed by atoms with Crippen molar-refractivity contribution < 1.29 is 9.53 Å². The standard InChI is InChI=1S/C16H14BrClO2/c1-10-3-8-15(14(17)9-10)20-11(2)16(19)12-4-6-13(18)7-5-12/h3-9,11H,1-2H3. The van der Waals surface area contributed by atoms with Gasteiger partial charge >= 0.3 is 0 Å². The van der Waals surface area contributed by atoms with Gasteiger partial charge in [-0.2, -0.15) is 0 Å². The molecule has 4 heteroatoms. The van der Waals surface area contributed by atoms with Crippen LogP contribution in [0.15, 0.2) is 46.9 Å². The van der Waals surface area contributed by atoms with E-state index in [0.717, 1.165) is 10.0 Å². The van der Waals surface area contributed by atoms with Crippen LogP contribution < -0.4 is 4.74 Å². The zero-order chi connectivity index (χ0) is 14.7. The van der Waals surface area contributed by atoms with E-state index in [4.69, 9.17) is 16.3 Å². The fourth-order valence-electron chi connectivity index (χ4n) is 1.79. The van der Waals surface area contributed by atoms with Crippen molar-refractivity contribution in [1.82, 2.24) is 0 Å². The van der Waals surface area contributed by atoms with Crippen LogP contribution in [0.5, 0.6) is 5.75 Å². The van der Waals surface area contributed by atoms with Gasteiger partial charge in [0, 0.05) is 10.6 Å². The lowest BCUT2D eigenvalue weighted by atomic mass is 10.1. The summed E-state index contributed by atoms with van der Waals surface area (Å²) in [7, 11) is 0. The first kappa shape index (κ1) is 15.1. The molecule has 2 aromatic carbocycles. The Morgan fingerprint density at radius 3 is 2.45 bits per heavy atom. The molecule has 0 N–H and O–H groups in total. The first-order chi connectivity index (χ1) is 9.47. The van der Waals surface area contributed by atoms with Gasteiger partial charge in [0.15, 0.2) is 6.10 Å². The van der Waals surface area contributed by atoms with Gasteiger partial charge in [-0.05, 0) is 71.7 Å². The lowest BCUT2D eigenvalue weighted by Gasteiger charge is -2.15. The number of Topliss-reactive ketones (excluding diaryl/α,β-unsaturated/α-hetero) is 1. The number of aryl methyl sites for hydroxylation is 1. The van der Waals surface area contributed by atoms with Gasteiger partial charge in [-0.25, -0.2) is 0 Å². The zero-order valence-corrected chi connectivity index (χ0v) is 13.5. The van der Waals surface area contributed by atoms with Crippen molar-refractivity contribution in [2.24, 2.45) is 0 Å². The quantitative estimate of drug-likeness (QED) is 0.718. The van der Waals surface area contributed by atoms with Gasteiger partial charge in [-0.15, -0.1) is 0 Å². The van der Waals surface area contributed by atoms with Crippen molar-refractivity contribution in [3.05, 3.63) is 63.1 Å². The van der Waals surface area contributed by atoms with E-state index < -0.39 is 6.10 Å². The second-order valence-corrected chi connectivity index (χ2v) is 5.86. The summed E-state index contributed by atoms with van der Waals surface area (Å²) in [5, 5.41) is 0.608. The monoisotopic (exact) mass is 352 g/mol. The van der Waals surface area contributed by atoms with Crippen molar-refractivity contribution in [2.75, 3.05) is 0 Å². The van der Waals surface area contributed by atoms with E-state index in [9.17, 15) is 4.79 Å². The summed E-state index contributed by atoms with van der Waals surface area (Å²) < 4.78 is 6.56. The van der Waals surface area contributed by atoms with Gasteiger partial charge in [0.25, 0.3) is 0 Å². The molecule has 0 bridgehead atoms. The lowest BCUT2D eigenvalue weighted by molar-refractivity contribution is 0.0817. The van der Waals surface area contributed by atoms with Crippen LogP contribution in [0.4, 0.5) is 0 Å². The largest absolute Gasteiger partial charge is 0.481 e.